The molecule has 1 amide bonds. The van der Waals surface area contributed by atoms with Crippen molar-refractivity contribution < 1.29 is 13.8 Å². The molecule has 0 spiro atoms. The fourth-order valence-electron chi connectivity index (χ4n) is 3.21. The van der Waals surface area contributed by atoms with Gasteiger partial charge in [0.2, 0.25) is 17.7 Å². The molecule has 1 aliphatic carbocycles. The summed E-state index contributed by atoms with van der Waals surface area (Å²) in [6, 6.07) is 0. The SMILES string of the molecule is Cc1nc(C2(NC(=O)CCCc3nc(C(C)C)no3)CCCC2)no1. The van der Waals surface area contributed by atoms with E-state index in [-0.39, 0.29) is 11.8 Å². The first kappa shape index (κ1) is 17.6. The Bertz CT molecular complexity index is 715. The Morgan fingerprint density at radius 3 is 2.56 bits per heavy atom. The van der Waals surface area contributed by atoms with Gasteiger partial charge in [0.15, 0.2) is 11.6 Å². The second-order valence-corrected chi connectivity index (χ2v) is 7.03. The Hall–Kier alpha value is -2.25. The number of aryl methyl sites for hydroxylation is 2. The lowest BCUT2D eigenvalue weighted by Crippen LogP contribution is -2.44. The van der Waals surface area contributed by atoms with Crippen LogP contribution in [0.4, 0.5) is 0 Å². The molecule has 8 heteroatoms. The number of carbonyl (C=O) groups is 1. The lowest BCUT2D eigenvalue weighted by Gasteiger charge is -2.26. The van der Waals surface area contributed by atoms with Crippen LogP contribution >= 0.6 is 0 Å². The van der Waals surface area contributed by atoms with Gasteiger partial charge in [0.05, 0.1) is 0 Å². The number of hydrogen-bond acceptors (Lipinski definition) is 7. The van der Waals surface area contributed by atoms with Crippen molar-refractivity contribution in [3.05, 3.63) is 23.4 Å². The van der Waals surface area contributed by atoms with Gasteiger partial charge >= 0.3 is 0 Å². The summed E-state index contributed by atoms with van der Waals surface area (Å²) in [7, 11) is 0. The molecule has 3 rings (SSSR count). The van der Waals surface area contributed by atoms with E-state index in [0.29, 0.717) is 42.7 Å². The van der Waals surface area contributed by atoms with Gasteiger partial charge in [-0.3, -0.25) is 4.79 Å². The zero-order valence-electron chi connectivity index (χ0n) is 15.0. The topological polar surface area (TPSA) is 107 Å². The second-order valence-electron chi connectivity index (χ2n) is 7.03. The third kappa shape index (κ3) is 4.05. The van der Waals surface area contributed by atoms with Gasteiger partial charge in [-0.1, -0.05) is 37.0 Å². The van der Waals surface area contributed by atoms with E-state index in [1.807, 2.05) is 13.8 Å². The van der Waals surface area contributed by atoms with Crippen molar-refractivity contribution in [1.82, 2.24) is 25.6 Å². The van der Waals surface area contributed by atoms with Crippen LogP contribution in [0.3, 0.4) is 0 Å². The van der Waals surface area contributed by atoms with Crippen molar-refractivity contribution in [2.45, 2.75) is 77.2 Å². The largest absolute Gasteiger partial charge is 0.343 e. The van der Waals surface area contributed by atoms with Gasteiger partial charge in [-0.05, 0) is 19.3 Å². The minimum absolute atomic E-state index is 0.00653. The summed E-state index contributed by atoms with van der Waals surface area (Å²) in [6.07, 6.45) is 5.45. The van der Waals surface area contributed by atoms with Crippen LogP contribution in [-0.4, -0.2) is 26.2 Å². The fourth-order valence-corrected chi connectivity index (χ4v) is 3.21. The average Bonchev–Trinajstić information content (AvgIpc) is 3.28. The van der Waals surface area contributed by atoms with Gasteiger partial charge in [0.1, 0.15) is 5.54 Å². The van der Waals surface area contributed by atoms with E-state index in [9.17, 15) is 4.79 Å². The number of nitrogens with zero attached hydrogens (tertiary/aromatic N) is 4. The van der Waals surface area contributed by atoms with Crippen molar-refractivity contribution in [1.29, 1.82) is 0 Å². The smallest absolute Gasteiger partial charge is 0.226 e. The van der Waals surface area contributed by atoms with E-state index in [1.54, 1.807) is 6.92 Å². The predicted octanol–water partition coefficient (Wildman–Crippen LogP) is 2.79. The maximum absolute atomic E-state index is 12.4. The van der Waals surface area contributed by atoms with Crippen molar-refractivity contribution in [2.75, 3.05) is 0 Å². The molecular formula is C17H25N5O3. The maximum atomic E-state index is 12.4. The molecule has 0 bridgehead atoms. The van der Waals surface area contributed by atoms with Crippen molar-refractivity contribution in [2.24, 2.45) is 0 Å². The summed E-state index contributed by atoms with van der Waals surface area (Å²) in [5.41, 5.74) is -0.482. The van der Waals surface area contributed by atoms with E-state index >= 15 is 0 Å². The molecule has 0 unspecified atom stereocenters. The van der Waals surface area contributed by atoms with Crippen molar-refractivity contribution in [3.8, 4) is 0 Å². The van der Waals surface area contributed by atoms with Gasteiger partial charge in [-0.15, -0.1) is 0 Å². The quantitative estimate of drug-likeness (QED) is 0.820. The maximum Gasteiger partial charge on any atom is 0.226 e. The molecule has 0 aromatic carbocycles. The first-order chi connectivity index (χ1) is 12.0. The van der Waals surface area contributed by atoms with Crippen molar-refractivity contribution >= 4 is 5.91 Å². The van der Waals surface area contributed by atoms with Gasteiger partial charge in [0, 0.05) is 25.7 Å². The number of amides is 1. The Balaban J connectivity index is 1.54. The number of aromatic nitrogens is 4. The van der Waals surface area contributed by atoms with Crippen LogP contribution in [0, 0.1) is 6.92 Å². The third-order valence-electron chi connectivity index (χ3n) is 4.59. The minimum atomic E-state index is -0.482. The molecule has 0 saturated heterocycles. The van der Waals surface area contributed by atoms with E-state index in [0.717, 1.165) is 25.7 Å². The van der Waals surface area contributed by atoms with Crippen LogP contribution < -0.4 is 5.32 Å². The molecule has 0 aliphatic heterocycles. The predicted molar refractivity (Wildman–Crippen MR) is 88.6 cm³/mol. The highest BCUT2D eigenvalue weighted by Crippen LogP contribution is 2.37. The molecule has 2 aromatic heterocycles. The molecular weight excluding hydrogens is 322 g/mol. The zero-order valence-corrected chi connectivity index (χ0v) is 15.0. The van der Waals surface area contributed by atoms with E-state index in [4.69, 9.17) is 9.05 Å². The lowest BCUT2D eigenvalue weighted by atomic mass is 9.96. The molecule has 2 heterocycles. The molecule has 136 valence electrons. The molecule has 1 saturated carbocycles. The first-order valence-electron chi connectivity index (χ1n) is 8.93. The minimum Gasteiger partial charge on any atom is -0.343 e. The van der Waals surface area contributed by atoms with Crippen molar-refractivity contribution in [3.63, 3.8) is 0 Å². The molecule has 2 aromatic rings. The highest BCUT2D eigenvalue weighted by atomic mass is 16.5. The summed E-state index contributed by atoms with van der Waals surface area (Å²) in [6.45, 7) is 5.79. The highest BCUT2D eigenvalue weighted by Gasteiger charge is 2.41. The summed E-state index contributed by atoms with van der Waals surface area (Å²) in [5, 5.41) is 11.1. The average molecular weight is 347 g/mol. The molecule has 1 N–H and O–H groups in total. The van der Waals surface area contributed by atoms with Crippen LogP contribution in [0.25, 0.3) is 0 Å². The zero-order chi connectivity index (χ0) is 17.9. The summed E-state index contributed by atoms with van der Waals surface area (Å²) < 4.78 is 10.3. The van der Waals surface area contributed by atoms with Crippen LogP contribution in [0.1, 0.15) is 81.7 Å². The molecule has 8 nitrogen and oxygen atoms in total. The third-order valence-corrected chi connectivity index (χ3v) is 4.59. The van der Waals surface area contributed by atoms with Gasteiger partial charge in [0.25, 0.3) is 0 Å². The summed E-state index contributed by atoms with van der Waals surface area (Å²) >= 11 is 0. The fraction of sp³-hybridized carbons (Fsp3) is 0.706. The molecule has 1 fully saturated rings. The van der Waals surface area contributed by atoms with Crippen LogP contribution in [0.5, 0.6) is 0 Å². The second kappa shape index (κ2) is 7.33. The summed E-state index contributed by atoms with van der Waals surface area (Å²) in [5.74, 6) is 2.63. The van der Waals surface area contributed by atoms with E-state index < -0.39 is 5.54 Å². The Morgan fingerprint density at radius 2 is 1.96 bits per heavy atom. The number of hydrogen-bond donors (Lipinski definition) is 1. The molecule has 0 radical (unpaired) electrons. The van der Waals surface area contributed by atoms with Gasteiger partial charge in [-0.2, -0.15) is 9.97 Å². The van der Waals surface area contributed by atoms with Gasteiger partial charge < -0.3 is 14.4 Å². The Labute approximate surface area is 146 Å². The standard InChI is InChI=1S/C17H25N5O3/c1-11(2)15-19-14(25-21-15)8-6-7-13(23)20-17(9-4-5-10-17)16-18-12(3)24-22-16/h11H,4-10H2,1-3H3,(H,20,23). The number of rotatable bonds is 7. The monoisotopic (exact) mass is 347 g/mol. The highest BCUT2D eigenvalue weighted by molar-refractivity contribution is 5.76. The Kier molecular flexibility index (Phi) is 5.15. The number of carbonyl (C=O) groups excluding carboxylic acids is 1. The normalized spacial score (nSPS) is 16.5. The summed E-state index contributed by atoms with van der Waals surface area (Å²) in [4.78, 5) is 21.1. The molecule has 1 aliphatic rings. The van der Waals surface area contributed by atoms with Crippen LogP contribution in [-0.2, 0) is 16.8 Å². The molecule has 25 heavy (non-hydrogen) atoms. The Morgan fingerprint density at radius 1 is 1.20 bits per heavy atom. The van der Waals surface area contributed by atoms with Crippen LogP contribution in [0.2, 0.25) is 0 Å². The van der Waals surface area contributed by atoms with Crippen LogP contribution in [0.15, 0.2) is 9.05 Å². The molecule has 0 atom stereocenters. The van der Waals surface area contributed by atoms with Gasteiger partial charge in [-0.25, -0.2) is 0 Å². The van der Waals surface area contributed by atoms with E-state index in [2.05, 4.69) is 25.6 Å². The first-order valence-corrected chi connectivity index (χ1v) is 8.93. The van der Waals surface area contributed by atoms with E-state index in [1.165, 1.54) is 0 Å². The number of nitrogens with one attached hydrogen (secondary N) is 1. The lowest BCUT2D eigenvalue weighted by molar-refractivity contribution is -0.123.